The van der Waals surface area contributed by atoms with Gasteiger partial charge in [-0.2, -0.15) is 0 Å². The Labute approximate surface area is 148 Å². The van der Waals surface area contributed by atoms with Crippen LogP contribution < -0.4 is 4.74 Å². The van der Waals surface area contributed by atoms with Gasteiger partial charge in [0.1, 0.15) is 5.75 Å². The monoisotopic (exact) mass is 333 g/mol. The standard InChI is InChI=1S/C22H23NO2/c1-25-17-9-8-15-6-4-11-22(19(15)13-17)12-10-20(24)23-14-16-5-2-3-7-18(16)21(22)23/h2-3,5,7-9,13,21H,4,6,10-12,14H2,1H3/t21-,22+/m1/s1. The fourth-order valence-corrected chi connectivity index (χ4v) is 5.46. The number of hydrogen-bond acceptors (Lipinski definition) is 2. The molecule has 2 atom stereocenters. The quantitative estimate of drug-likeness (QED) is 0.785. The van der Waals surface area contributed by atoms with Gasteiger partial charge in [0, 0.05) is 18.4 Å². The number of amides is 1. The second-order valence-electron chi connectivity index (χ2n) is 7.66. The van der Waals surface area contributed by atoms with Gasteiger partial charge in [-0.25, -0.2) is 0 Å². The predicted molar refractivity (Wildman–Crippen MR) is 96.6 cm³/mol. The summed E-state index contributed by atoms with van der Waals surface area (Å²) in [7, 11) is 1.73. The fourth-order valence-electron chi connectivity index (χ4n) is 5.46. The van der Waals surface area contributed by atoms with Crippen LogP contribution >= 0.6 is 0 Å². The van der Waals surface area contributed by atoms with Gasteiger partial charge in [0.15, 0.2) is 0 Å². The third-order valence-electron chi connectivity index (χ3n) is 6.55. The summed E-state index contributed by atoms with van der Waals surface area (Å²) in [6, 6.07) is 15.3. The van der Waals surface area contributed by atoms with Crippen molar-refractivity contribution in [3.8, 4) is 5.75 Å². The molecule has 2 aliphatic heterocycles. The lowest BCUT2D eigenvalue weighted by Crippen LogP contribution is -2.49. The minimum Gasteiger partial charge on any atom is -0.497 e. The van der Waals surface area contributed by atoms with Crippen molar-refractivity contribution in [1.29, 1.82) is 0 Å². The van der Waals surface area contributed by atoms with Gasteiger partial charge in [-0.05, 0) is 60.1 Å². The van der Waals surface area contributed by atoms with Crippen molar-refractivity contribution < 1.29 is 9.53 Å². The van der Waals surface area contributed by atoms with Crippen LogP contribution in [0.15, 0.2) is 42.5 Å². The predicted octanol–water partition coefficient (Wildman–Crippen LogP) is 4.15. The Morgan fingerprint density at radius 2 is 1.96 bits per heavy atom. The molecule has 1 fully saturated rings. The van der Waals surface area contributed by atoms with E-state index in [-0.39, 0.29) is 11.5 Å². The van der Waals surface area contributed by atoms with E-state index in [1.807, 2.05) is 0 Å². The molecule has 1 amide bonds. The van der Waals surface area contributed by atoms with E-state index in [2.05, 4.69) is 47.4 Å². The average Bonchev–Trinajstić information content (AvgIpc) is 3.06. The first-order valence-corrected chi connectivity index (χ1v) is 9.28. The molecule has 1 aliphatic carbocycles. The number of hydrogen-bond donors (Lipinski definition) is 0. The number of nitrogens with zero attached hydrogens (tertiary/aromatic N) is 1. The Hall–Kier alpha value is -2.29. The van der Waals surface area contributed by atoms with Crippen molar-refractivity contribution in [3.63, 3.8) is 0 Å². The maximum Gasteiger partial charge on any atom is 0.223 e. The first-order chi connectivity index (χ1) is 12.2. The Balaban J connectivity index is 1.73. The zero-order valence-electron chi connectivity index (χ0n) is 14.6. The zero-order chi connectivity index (χ0) is 17.0. The molecule has 0 bridgehead atoms. The summed E-state index contributed by atoms with van der Waals surface area (Å²) in [5.74, 6) is 1.23. The first kappa shape index (κ1) is 15.0. The van der Waals surface area contributed by atoms with Gasteiger partial charge in [0.2, 0.25) is 5.91 Å². The van der Waals surface area contributed by atoms with Crippen molar-refractivity contribution >= 4 is 5.91 Å². The van der Waals surface area contributed by atoms with Crippen LogP contribution in [0.1, 0.15) is 54.0 Å². The van der Waals surface area contributed by atoms with Crippen molar-refractivity contribution in [3.05, 3.63) is 64.7 Å². The minimum atomic E-state index is 0.0304. The van der Waals surface area contributed by atoms with E-state index in [0.29, 0.717) is 12.3 Å². The van der Waals surface area contributed by atoms with Crippen LogP contribution in [0, 0.1) is 0 Å². The lowest BCUT2D eigenvalue weighted by Gasteiger charge is -2.50. The van der Waals surface area contributed by atoms with Gasteiger partial charge < -0.3 is 9.64 Å². The van der Waals surface area contributed by atoms with Crippen LogP contribution in [-0.2, 0) is 23.2 Å². The summed E-state index contributed by atoms with van der Waals surface area (Å²) in [5.41, 5.74) is 5.55. The van der Waals surface area contributed by atoms with E-state index in [1.165, 1.54) is 28.7 Å². The molecule has 0 saturated carbocycles. The summed E-state index contributed by atoms with van der Waals surface area (Å²) in [6.45, 7) is 0.765. The smallest absolute Gasteiger partial charge is 0.223 e. The Morgan fingerprint density at radius 1 is 1.08 bits per heavy atom. The van der Waals surface area contributed by atoms with Crippen LogP contribution in [0.5, 0.6) is 5.75 Å². The maximum absolute atomic E-state index is 12.7. The van der Waals surface area contributed by atoms with Gasteiger partial charge in [0.25, 0.3) is 0 Å². The van der Waals surface area contributed by atoms with Crippen LogP contribution in [-0.4, -0.2) is 17.9 Å². The molecular weight excluding hydrogens is 310 g/mol. The summed E-state index contributed by atoms with van der Waals surface area (Å²) in [5, 5.41) is 0. The number of aryl methyl sites for hydroxylation is 1. The van der Waals surface area contributed by atoms with Crippen LogP contribution in [0.3, 0.4) is 0 Å². The molecule has 3 heteroatoms. The topological polar surface area (TPSA) is 29.5 Å². The molecule has 1 saturated heterocycles. The molecule has 0 aromatic heterocycles. The zero-order valence-corrected chi connectivity index (χ0v) is 14.6. The lowest BCUT2D eigenvalue weighted by atomic mass is 9.60. The van der Waals surface area contributed by atoms with Gasteiger partial charge in [-0.15, -0.1) is 0 Å². The molecule has 2 aromatic rings. The van der Waals surface area contributed by atoms with Crippen LogP contribution in [0.25, 0.3) is 0 Å². The third-order valence-corrected chi connectivity index (χ3v) is 6.55. The maximum atomic E-state index is 12.7. The van der Waals surface area contributed by atoms with Gasteiger partial charge in [-0.1, -0.05) is 30.3 Å². The normalized spacial score (nSPS) is 27.0. The van der Waals surface area contributed by atoms with Gasteiger partial charge in [-0.3, -0.25) is 4.79 Å². The van der Waals surface area contributed by atoms with Crippen molar-refractivity contribution in [2.45, 2.75) is 50.1 Å². The number of fused-ring (bicyclic) bond motifs is 6. The highest BCUT2D eigenvalue weighted by molar-refractivity contribution is 5.80. The molecule has 0 unspecified atom stereocenters. The highest BCUT2D eigenvalue weighted by Gasteiger charge is 2.53. The number of rotatable bonds is 1. The number of benzene rings is 2. The van der Waals surface area contributed by atoms with E-state index in [4.69, 9.17) is 4.74 Å². The Morgan fingerprint density at radius 3 is 2.84 bits per heavy atom. The summed E-state index contributed by atoms with van der Waals surface area (Å²) >= 11 is 0. The SMILES string of the molecule is COc1ccc2c(c1)[C@]1(CCC2)CCC(=O)N2Cc3ccccc3[C@@H]21. The number of carbonyl (C=O) groups excluding carboxylic acids is 1. The number of piperidine rings is 1. The highest BCUT2D eigenvalue weighted by atomic mass is 16.5. The van der Waals surface area contributed by atoms with Gasteiger partial charge >= 0.3 is 0 Å². The molecular formula is C22H23NO2. The lowest BCUT2D eigenvalue weighted by molar-refractivity contribution is -0.140. The summed E-state index contributed by atoms with van der Waals surface area (Å²) < 4.78 is 5.54. The molecule has 1 spiro atoms. The fraction of sp³-hybridized carbons (Fsp3) is 0.409. The van der Waals surface area contributed by atoms with E-state index in [9.17, 15) is 4.79 Å². The van der Waals surface area contributed by atoms with Crippen LogP contribution in [0.2, 0.25) is 0 Å². The average molecular weight is 333 g/mol. The molecule has 25 heavy (non-hydrogen) atoms. The van der Waals surface area contributed by atoms with Crippen molar-refractivity contribution in [1.82, 2.24) is 4.90 Å². The second kappa shape index (κ2) is 5.35. The molecule has 2 heterocycles. The van der Waals surface area contributed by atoms with E-state index >= 15 is 0 Å². The molecule has 0 radical (unpaired) electrons. The molecule has 128 valence electrons. The Kier molecular flexibility index (Phi) is 3.21. The van der Waals surface area contributed by atoms with E-state index in [1.54, 1.807) is 7.11 Å². The molecule has 2 aromatic carbocycles. The minimum absolute atomic E-state index is 0.0304. The van der Waals surface area contributed by atoms with Crippen molar-refractivity contribution in [2.75, 3.05) is 7.11 Å². The molecule has 5 rings (SSSR count). The van der Waals surface area contributed by atoms with E-state index < -0.39 is 0 Å². The Bertz CT molecular complexity index is 859. The highest BCUT2D eigenvalue weighted by Crippen LogP contribution is 2.57. The third kappa shape index (κ3) is 2.01. The van der Waals surface area contributed by atoms with Gasteiger partial charge in [0.05, 0.1) is 13.2 Å². The molecule has 3 nitrogen and oxygen atoms in total. The number of ether oxygens (including phenoxy) is 1. The summed E-state index contributed by atoms with van der Waals surface area (Å²) in [6.07, 6.45) is 5.07. The van der Waals surface area contributed by atoms with Crippen molar-refractivity contribution in [2.24, 2.45) is 0 Å². The first-order valence-electron chi connectivity index (χ1n) is 9.28. The van der Waals surface area contributed by atoms with Crippen LogP contribution in [0.4, 0.5) is 0 Å². The largest absolute Gasteiger partial charge is 0.497 e. The second-order valence-corrected chi connectivity index (χ2v) is 7.66. The number of methoxy groups -OCH3 is 1. The molecule has 0 N–H and O–H groups in total. The number of carbonyl (C=O) groups is 1. The van der Waals surface area contributed by atoms with E-state index in [0.717, 1.165) is 31.6 Å². The molecule has 3 aliphatic rings. The summed E-state index contributed by atoms with van der Waals surface area (Å²) in [4.78, 5) is 14.8.